The maximum atomic E-state index is 13.5. The molecule has 6 heteroatoms. The maximum Gasteiger partial charge on any atom is 0.290 e. The van der Waals surface area contributed by atoms with E-state index in [0.717, 1.165) is 16.5 Å². The molecule has 1 amide bonds. The molecule has 0 saturated carbocycles. The molecule has 1 N–H and O–H groups in total. The zero-order valence-corrected chi connectivity index (χ0v) is 16.7. The molecular formula is C25H19NO5. The number of aryl methyl sites for hydroxylation is 1. The second-order valence-electron chi connectivity index (χ2n) is 7.51. The van der Waals surface area contributed by atoms with Crippen LogP contribution in [0.3, 0.4) is 0 Å². The van der Waals surface area contributed by atoms with Crippen LogP contribution in [0.15, 0.2) is 93.2 Å². The van der Waals surface area contributed by atoms with Gasteiger partial charge in [0.25, 0.3) is 5.91 Å². The highest BCUT2D eigenvalue weighted by Crippen LogP contribution is 2.41. The molecule has 1 unspecified atom stereocenters. The number of ketones is 1. The standard InChI is InChI=1S/C25H19NO5/c1-15-7-2-4-10-18(15)22-21(23(27)20-13-16-8-3-5-11-19(16)31-20)24(28)25(29)26(22)14-17-9-6-12-30-17/h2-13,22,28H,14H2,1H3. The topological polar surface area (TPSA) is 83.9 Å². The van der Waals surface area contributed by atoms with E-state index < -0.39 is 23.5 Å². The Balaban J connectivity index is 1.63. The lowest BCUT2D eigenvalue weighted by Gasteiger charge is -2.27. The number of rotatable bonds is 5. The fourth-order valence-electron chi connectivity index (χ4n) is 4.06. The van der Waals surface area contributed by atoms with E-state index in [-0.39, 0.29) is 17.9 Å². The molecule has 31 heavy (non-hydrogen) atoms. The Kier molecular flexibility index (Phi) is 4.47. The van der Waals surface area contributed by atoms with E-state index in [4.69, 9.17) is 8.83 Å². The first kappa shape index (κ1) is 18.9. The van der Waals surface area contributed by atoms with Gasteiger partial charge >= 0.3 is 0 Å². The molecule has 0 radical (unpaired) electrons. The number of amides is 1. The molecule has 2 aromatic carbocycles. The molecule has 154 valence electrons. The van der Waals surface area contributed by atoms with Crippen molar-refractivity contribution in [1.82, 2.24) is 4.90 Å². The average Bonchev–Trinajstić information content (AvgIpc) is 3.49. The fraction of sp³-hybridized carbons (Fsp3) is 0.120. The Hall–Kier alpha value is -4.06. The SMILES string of the molecule is Cc1ccccc1C1C(C(=O)c2cc3ccccc3o2)=C(O)C(=O)N1Cc1ccco1. The second kappa shape index (κ2) is 7.32. The summed E-state index contributed by atoms with van der Waals surface area (Å²) in [5.74, 6) is -1.07. The zero-order chi connectivity index (χ0) is 21.5. The Labute approximate surface area is 178 Å². The van der Waals surface area contributed by atoms with Gasteiger partial charge in [-0.3, -0.25) is 9.59 Å². The van der Waals surface area contributed by atoms with Crippen LogP contribution in [0.5, 0.6) is 0 Å². The summed E-state index contributed by atoms with van der Waals surface area (Å²) in [4.78, 5) is 28.0. The molecule has 0 spiro atoms. The Morgan fingerprint density at radius 2 is 1.84 bits per heavy atom. The maximum absolute atomic E-state index is 13.5. The van der Waals surface area contributed by atoms with Gasteiger partial charge in [0.1, 0.15) is 11.3 Å². The minimum Gasteiger partial charge on any atom is -0.503 e. The van der Waals surface area contributed by atoms with Crippen molar-refractivity contribution in [2.75, 3.05) is 0 Å². The van der Waals surface area contributed by atoms with E-state index in [0.29, 0.717) is 11.3 Å². The van der Waals surface area contributed by atoms with Crippen LogP contribution in [-0.2, 0) is 11.3 Å². The minimum atomic E-state index is -0.764. The van der Waals surface area contributed by atoms with Crippen molar-refractivity contribution in [3.63, 3.8) is 0 Å². The number of nitrogens with zero attached hydrogens (tertiary/aromatic N) is 1. The van der Waals surface area contributed by atoms with Crippen molar-refractivity contribution in [2.24, 2.45) is 0 Å². The van der Waals surface area contributed by atoms with Gasteiger partial charge in [-0.05, 0) is 42.3 Å². The molecule has 0 fully saturated rings. The largest absolute Gasteiger partial charge is 0.503 e. The summed E-state index contributed by atoms with van der Waals surface area (Å²) in [5, 5.41) is 11.6. The number of furan rings is 2. The molecule has 6 nitrogen and oxygen atoms in total. The van der Waals surface area contributed by atoms with Crippen molar-refractivity contribution < 1.29 is 23.5 Å². The van der Waals surface area contributed by atoms with Gasteiger partial charge < -0.3 is 18.8 Å². The highest BCUT2D eigenvalue weighted by Gasteiger charge is 2.45. The van der Waals surface area contributed by atoms with E-state index >= 15 is 0 Å². The number of carbonyl (C=O) groups excluding carboxylic acids is 2. The lowest BCUT2D eigenvalue weighted by atomic mass is 9.92. The molecule has 5 rings (SSSR count). The normalized spacial score (nSPS) is 16.5. The van der Waals surface area contributed by atoms with Crippen LogP contribution in [0.25, 0.3) is 11.0 Å². The number of fused-ring (bicyclic) bond motifs is 1. The van der Waals surface area contributed by atoms with Gasteiger partial charge in [-0.2, -0.15) is 0 Å². The summed E-state index contributed by atoms with van der Waals surface area (Å²) in [5.41, 5.74) is 2.22. The summed E-state index contributed by atoms with van der Waals surface area (Å²) in [6, 6.07) is 19.1. The van der Waals surface area contributed by atoms with Crippen molar-refractivity contribution in [1.29, 1.82) is 0 Å². The van der Waals surface area contributed by atoms with Crippen molar-refractivity contribution in [3.05, 3.63) is 107 Å². The Bertz CT molecular complexity index is 1300. The molecule has 0 aliphatic carbocycles. The molecule has 1 atom stereocenters. The highest BCUT2D eigenvalue weighted by atomic mass is 16.3. The fourth-order valence-corrected chi connectivity index (χ4v) is 4.06. The van der Waals surface area contributed by atoms with Gasteiger partial charge in [-0.15, -0.1) is 0 Å². The van der Waals surface area contributed by atoms with Gasteiger partial charge in [0.2, 0.25) is 5.78 Å². The third-order valence-electron chi connectivity index (χ3n) is 5.59. The smallest absolute Gasteiger partial charge is 0.290 e. The summed E-state index contributed by atoms with van der Waals surface area (Å²) in [7, 11) is 0. The van der Waals surface area contributed by atoms with Crippen molar-refractivity contribution in [2.45, 2.75) is 19.5 Å². The molecule has 0 saturated heterocycles. The van der Waals surface area contributed by atoms with Crippen LogP contribution in [0.4, 0.5) is 0 Å². The first-order valence-corrected chi connectivity index (χ1v) is 9.90. The van der Waals surface area contributed by atoms with E-state index in [2.05, 4.69) is 0 Å². The number of aliphatic hydroxyl groups is 1. The quantitative estimate of drug-likeness (QED) is 0.460. The third kappa shape index (κ3) is 3.13. The first-order valence-electron chi connectivity index (χ1n) is 9.90. The van der Waals surface area contributed by atoms with Gasteiger partial charge in [-0.25, -0.2) is 0 Å². The minimum absolute atomic E-state index is 0.00455. The molecule has 0 bridgehead atoms. The Morgan fingerprint density at radius 1 is 1.06 bits per heavy atom. The molecule has 1 aliphatic rings. The number of hydrogen-bond acceptors (Lipinski definition) is 5. The Morgan fingerprint density at radius 3 is 2.58 bits per heavy atom. The van der Waals surface area contributed by atoms with Crippen LogP contribution >= 0.6 is 0 Å². The number of carbonyl (C=O) groups is 2. The molecule has 2 aromatic heterocycles. The van der Waals surface area contributed by atoms with Crippen molar-refractivity contribution in [3.8, 4) is 0 Å². The van der Waals surface area contributed by atoms with Crippen LogP contribution in [-0.4, -0.2) is 21.7 Å². The van der Waals surface area contributed by atoms with Crippen LogP contribution in [0, 0.1) is 6.92 Å². The predicted octanol–water partition coefficient (Wildman–Crippen LogP) is 5.11. The highest BCUT2D eigenvalue weighted by molar-refractivity contribution is 6.16. The number of hydrogen-bond donors (Lipinski definition) is 1. The monoisotopic (exact) mass is 413 g/mol. The molecule has 3 heterocycles. The summed E-state index contributed by atoms with van der Waals surface area (Å²) < 4.78 is 11.2. The molecule has 4 aromatic rings. The number of aliphatic hydroxyl groups excluding tert-OH is 1. The second-order valence-corrected chi connectivity index (χ2v) is 7.51. The van der Waals surface area contributed by atoms with E-state index in [1.165, 1.54) is 11.2 Å². The van der Waals surface area contributed by atoms with Gasteiger partial charge in [-0.1, -0.05) is 42.5 Å². The van der Waals surface area contributed by atoms with Crippen LogP contribution in [0.2, 0.25) is 0 Å². The van der Waals surface area contributed by atoms with Crippen LogP contribution in [0.1, 0.15) is 33.5 Å². The van der Waals surface area contributed by atoms with Gasteiger partial charge in [0.05, 0.1) is 24.4 Å². The third-order valence-corrected chi connectivity index (χ3v) is 5.59. The van der Waals surface area contributed by atoms with Gasteiger partial charge in [0.15, 0.2) is 11.5 Å². The number of benzene rings is 2. The van der Waals surface area contributed by atoms with Gasteiger partial charge in [0, 0.05) is 5.39 Å². The van der Waals surface area contributed by atoms with Crippen LogP contribution < -0.4 is 0 Å². The van der Waals surface area contributed by atoms with E-state index in [1.807, 2.05) is 49.4 Å². The number of para-hydroxylation sites is 1. The summed E-state index contributed by atoms with van der Waals surface area (Å²) >= 11 is 0. The molecule has 1 aliphatic heterocycles. The lowest BCUT2D eigenvalue weighted by molar-refractivity contribution is -0.130. The average molecular weight is 413 g/mol. The number of Topliss-reactive ketones (excluding diaryl/α,β-unsaturated/α-hetero) is 1. The summed E-state index contributed by atoms with van der Waals surface area (Å²) in [6.07, 6.45) is 1.52. The predicted molar refractivity (Wildman–Crippen MR) is 113 cm³/mol. The van der Waals surface area contributed by atoms with E-state index in [9.17, 15) is 14.7 Å². The molecular weight excluding hydrogens is 394 g/mol. The van der Waals surface area contributed by atoms with E-state index in [1.54, 1.807) is 24.3 Å². The first-order chi connectivity index (χ1) is 15.0. The zero-order valence-electron chi connectivity index (χ0n) is 16.7. The summed E-state index contributed by atoms with van der Waals surface area (Å²) in [6.45, 7) is 2.02. The van der Waals surface area contributed by atoms with Crippen molar-refractivity contribution >= 4 is 22.7 Å². The lowest BCUT2D eigenvalue weighted by Crippen LogP contribution is -2.31.